The van der Waals surface area contributed by atoms with Crippen LogP contribution in [0.2, 0.25) is 0 Å². The van der Waals surface area contributed by atoms with Crippen LogP contribution in [0.5, 0.6) is 0 Å². The number of nitrogens with two attached hydrogens (primary N) is 2. The maximum atomic E-state index is 12.2. The Morgan fingerprint density at radius 1 is 0.833 bits per heavy atom. The highest BCUT2D eigenvalue weighted by Crippen LogP contribution is 2.12. The normalized spacial score (nSPS) is 13.7. The standard InChI is InChI=1S/C21H38N4O5/c1-14(6-7-15(2)26)11-21(30)25-18(12-16(3)27)5-4-10-24-20(29)13-17(22)8-9-19(23)28/h14,17-18H,4-13,22H2,1-3H3,(H2,23,28)(H,24,29)(H,25,30). The van der Waals surface area contributed by atoms with Crippen molar-refractivity contribution in [2.24, 2.45) is 17.4 Å². The van der Waals surface area contributed by atoms with E-state index in [0.717, 1.165) is 0 Å². The summed E-state index contributed by atoms with van der Waals surface area (Å²) in [5.41, 5.74) is 10.8. The van der Waals surface area contributed by atoms with E-state index in [2.05, 4.69) is 10.6 Å². The second-order valence-corrected chi connectivity index (χ2v) is 8.18. The highest BCUT2D eigenvalue weighted by atomic mass is 16.2. The van der Waals surface area contributed by atoms with Crippen molar-refractivity contribution in [2.75, 3.05) is 6.54 Å². The number of rotatable bonds is 17. The number of carbonyl (C=O) groups excluding carboxylic acids is 5. The molecule has 3 atom stereocenters. The van der Waals surface area contributed by atoms with E-state index in [-0.39, 0.29) is 54.6 Å². The van der Waals surface area contributed by atoms with E-state index in [4.69, 9.17) is 11.5 Å². The number of hydrogen-bond donors (Lipinski definition) is 4. The molecule has 0 heterocycles. The molecule has 0 aliphatic heterocycles. The Morgan fingerprint density at radius 2 is 1.50 bits per heavy atom. The van der Waals surface area contributed by atoms with Gasteiger partial charge in [0.2, 0.25) is 17.7 Å². The third-order valence-corrected chi connectivity index (χ3v) is 4.68. The summed E-state index contributed by atoms with van der Waals surface area (Å²) in [4.78, 5) is 57.4. The van der Waals surface area contributed by atoms with Crippen LogP contribution in [0.25, 0.3) is 0 Å². The molecule has 0 rings (SSSR count). The van der Waals surface area contributed by atoms with Crippen molar-refractivity contribution < 1.29 is 24.0 Å². The molecule has 3 amide bonds. The van der Waals surface area contributed by atoms with Gasteiger partial charge in [0, 0.05) is 50.7 Å². The minimum atomic E-state index is -0.447. The Hall–Kier alpha value is -2.29. The summed E-state index contributed by atoms with van der Waals surface area (Å²) in [6.45, 7) is 5.33. The Balaban J connectivity index is 4.26. The van der Waals surface area contributed by atoms with Gasteiger partial charge in [-0.15, -0.1) is 0 Å². The first-order valence-electron chi connectivity index (χ1n) is 10.6. The number of primary amides is 1. The number of amides is 3. The molecule has 0 aromatic heterocycles. The maximum absolute atomic E-state index is 12.2. The van der Waals surface area contributed by atoms with E-state index in [1.807, 2.05) is 6.92 Å². The summed E-state index contributed by atoms with van der Waals surface area (Å²) < 4.78 is 0. The summed E-state index contributed by atoms with van der Waals surface area (Å²) >= 11 is 0. The van der Waals surface area contributed by atoms with Crippen LogP contribution in [-0.4, -0.2) is 47.9 Å². The van der Waals surface area contributed by atoms with Gasteiger partial charge in [-0.2, -0.15) is 0 Å². The molecule has 0 aromatic carbocycles. The van der Waals surface area contributed by atoms with Crippen molar-refractivity contribution in [3.8, 4) is 0 Å². The van der Waals surface area contributed by atoms with Crippen LogP contribution < -0.4 is 22.1 Å². The highest BCUT2D eigenvalue weighted by Gasteiger charge is 2.17. The third-order valence-electron chi connectivity index (χ3n) is 4.68. The minimum absolute atomic E-state index is 0.0191. The van der Waals surface area contributed by atoms with Gasteiger partial charge in [-0.3, -0.25) is 19.2 Å². The predicted octanol–water partition coefficient (Wildman–Crippen LogP) is 0.725. The van der Waals surface area contributed by atoms with Crippen molar-refractivity contribution in [3.63, 3.8) is 0 Å². The van der Waals surface area contributed by atoms with Gasteiger partial charge in [-0.25, -0.2) is 0 Å². The van der Waals surface area contributed by atoms with Gasteiger partial charge >= 0.3 is 0 Å². The van der Waals surface area contributed by atoms with E-state index in [1.165, 1.54) is 13.8 Å². The van der Waals surface area contributed by atoms with E-state index >= 15 is 0 Å². The lowest BCUT2D eigenvalue weighted by atomic mass is 9.99. The molecule has 9 heteroatoms. The van der Waals surface area contributed by atoms with Gasteiger partial charge in [-0.05, 0) is 45.4 Å². The van der Waals surface area contributed by atoms with Gasteiger partial charge in [0.05, 0.1) is 0 Å². The van der Waals surface area contributed by atoms with Crippen LogP contribution in [0.15, 0.2) is 0 Å². The summed E-state index contributed by atoms with van der Waals surface area (Å²) in [6, 6.07) is -0.711. The largest absolute Gasteiger partial charge is 0.370 e. The second-order valence-electron chi connectivity index (χ2n) is 8.18. The molecule has 172 valence electrons. The van der Waals surface area contributed by atoms with Crippen molar-refractivity contribution >= 4 is 29.3 Å². The first kappa shape index (κ1) is 27.7. The quantitative estimate of drug-likeness (QED) is 0.251. The van der Waals surface area contributed by atoms with Crippen molar-refractivity contribution in [2.45, 2.75) is 90.6 Å². The van der Waals surface area contributed by atoms with Crippen molar-refractivity contribution in [1.82, 2.24) is 10.6 Å². The zero-order chi connectivity index (χ0) is 23.1. The lowest BCUT2D eigenvalue weighted by Crippen LogP contribution is -2.38. The van der Waals surface area contributed by atoms with Crippen molar-refractivity contribution in [3.05, 3.63) is 0 Å². The maximum Gasteiger partial charge on any atom is 0.221 e. The molecule has 30 heavy (non-hydrogen) atoms. The Kier molecular flexibility index (Phi) is 14.4. The number of Topliss-reactive ketones (excluding diaryl/α,β-unsaturated/α-hetero) is 2. The first-order chi connectivity index (χ1) is 14.0. The number of hydrogen-bond acceptors (Lipinski definition) is 6. The van der Waals surface area contributed by atoms with Crippen LogP contribution in [0.1, 0.15) is 78.6 Å². The van der Waals surface area contributed by atoms with Crippen LogP contribution >= 0.6 is 0 Å². The molecule has 9 nitrogen and oxygen atoms in total. The van der Waals surface area contributed by atoms with Crippen LogP contribution in [0.4, 0.5) is 0 Å². The minimum Gasteiger partial charge on any atom is -0.370 e. The second kappa shape index (κ2) is 15.5. The van der Waals surface area contributed by atoms with Gasteiger partial charge in [0.15, 0.2) is 0 Å². The molecule has 0 saturated heterocycles. The van der Waals surface area contributed by atoms with E-state index in [0.29, 0.717) is 45.1 Å². The molecule has 0 spiro atoms. The number of nitrogens with one attached hydrogen (secondary N) is 2. The van der Waals surface area contributed by atoms with E-state index in [9.17, 15) is 24.0 Å². The summed E-state index contributed by atoms with van der Waals surface area (Å²) in [5.74, 6) is -0.621. The molecule has 0 saturated carbocycles. The van der Waals surface area contributed by atoms with Crippen molar-refractivity contribution in [1.29, 1.82) is 0 Å². The molecule has 0 radical (unpaired) electrons. The fourth-order valence-corrected chi connectivity index (χ4v) is 3.04. The highest BCUT2D eigenvalue weighted by molar-refractivity contribution is 5.80. The zero-order valence-electron chi connectivity index (χ0n) is 18.5. The molecular formula is C21H38N4O5. The fourth-order valence-electron chi connectivity index (χ4n) is 3.04. The topological polar surface area (TPSA) is 161 Å². The van der Waals surface area contributed by atoms with Gasteiger partial charge in [0.25, 0.3) is 0 Å². The summed E-state index contributed by atoms with van der Waals surface area (Å²) in [6.07, 6.45) is 3.43. The zero-order valence-corrected chi connectivity index (χ0v) is 18.5. The molecule has 0 aliphatic rings. The fraction of sp³-hybridized carbons (Fsp3) is 0.762. The van der Waals surface area contributed by atoms with Gasteiger partial charge < -0.3 is 26.9 Å². The molecule has 3 unspecified atom stereocenters. The average Bonchev–Trinajstić information content (AvgIpc) is 2.61. The number of ketones is 2. The Bertz CT molecular complexity index is 594. The lowest BCUT2D eigenvalue weighted by Gasteiger charge is -2.19. The van der Waals surface area contributed by atoms with E-state index in [1.54, 1.807) is 0 Å². The molecule has 0 aliphatic carbocycles. The molecule has 0 fully saturated rings. The molecule has 0 bridgehead atoms. The summed E-state index contributed by atoms with van der Waals surface area (Å²) in [5, 5.41) is 5.65. The van der Waals surface area contributed by atoms with Crippen LogP contribution in [-0.2, 0) is 24.0 Å². The van der Waals surface area contributed by atoms with Crippen LogP contribution in [0, 0.1) is 5.92 Å². The SMILES string of the molecule is CC(=O)CCC(C)CC(=O)NC(CCCNC(=O)CC(N)CCC(N)=O)CC(C)=O. The Morgan fingerprint density at radius 3 is 2.07 bits per heavy atom. The lowest BCUT2D eigenvalue weighted by molar-refractivity contribution is -0.124. The van der Waals surface area contributed by atoms with Gasteiger partial charge in [-0.1, -0.05) is 6.92 Å². The molecule has 0 aromatic rings. The first-order valence-corrected chi connectivity index (χ1v) is 10.6. The molecular weight excluding hydrogens is 388 g/mol. The number of carbonyl (C=O) groups is 5. The predicted molar refractivity (Wildman–Crippen MR) is 114 cm³/mol. The summed E-state index contributed by atoms with van der Waals surface area (Å²) in [7, 11) is 0. The van der Waals surface area contributed by atoms with E-state index < -0.39 is 11.9 Å². The van der Waals surface area contributed by atoms with Gasteiger partial charge in [0.1, 0.15) is 11.6 Å². The van der Waals surface area contributed by atoms with Crippen LogP contribution in [0.3, 0.4) is 0 Å². The smallest absolute Gasteiger partial charge is 0.221 e. The molecule has 6 N–H and O–H groups in total. The Labute approximate surface area is 179 Å². The third kappa shape index (κ3) is 16.6. The average molecular weight is 427 g/mol. The monoisotopic (exact) mass is 426 g/mol.